The van der Waals surface area contributed by atoms with E-state index in [0.717, 1.165) is 10.8 Å². The largest absolute Gasteiger partial charge is 0.455 e. The van der Waals surface area contributed by atoms with E-state index >= 15 is 0 Å². The van der Waals surface area contributed by atoms with Gasteiger partial charge in [0, 0.05) is 11.1 Å². The predicted octanol–water partition coefficient (Wildman–Crippen LogP) is 1.90. The smallest absolute Gasteiger partial charge is 0.321 e. The zero-order valence-corrected chi connectivity index (χ0v) is 16.6. The number of rotatable bonds is 7. The van der Waals surface area contributed by atoms with Gasteiger partial charge in [-0.3, -0.25) is 9.59 Å². The summed E-state index contributed by atoms with van der Waals surface area (Å²) in [6.07, 6.45) is 0. The summed E-state index contributed by atoms with van der Waals surface area (Å²) in [4.78, 5) is 23.8. The van der Waals surface area contributed by atoms with E-state index in [2.05, 4.69) is 15.2 Å². The molecule has 2 aromatic carbocycles. The van der Waals surface area contributed by atoms with E-state index in [1.807, 2.05) is 30.3 Å². The SMILES string of the molecule is Cc1noc(C)c1S(=O)(=O)NCC(=O)OCC(=O)Nc1cccc2ccccc12. The Morgan fingerprint density at radius 1 is 1.10 bits per heavy atom. The molecule has 1 aromatic heterocycles. The third kappa shape index (κ3) is 4.79. The highest BCUT2D eigenvalue weighted by Crippen LogP contribution is 2.22. The van der Waals surface area contributed by atoms with Gasteiger partial charge in [0.05, 0.1) is 0 Å². The van der Waals surface area contributed by atoms with Crippen molar-refractivity contribution < 1.29 is 27.3 Å². The zero-order valence-electron chi connectivity index (χ0n) is 15.8. The maximum atomic E-state index is 12.2. The van der Waals surface area contributed by atoms with Crippen molar-refractivity contribution in [3.63, 3.8) is 0 Å². The van der Waals surface area contributed by atoms with Gasteiger partial charge in [-0.05, 0) is 25.3 Å². The highest BCUT2D eigenvalue weighted by Gasteiger charge is 2.25. The summed E-state index contributed by atoms with van der Waals surface area (Å²) in [5.41, 5.74) is 0.765. The molecule has 3 rings (SSSR count). The lowest BCUT2D eigenvalue weighted by molar-refractivity contribution is -0.146. The van der Waals surface area contributed by atoms with Crippen molar-refractivity contribution >= 4 is 38.4 Å². The molecule has 0 unspecified atom stereocenters. The number of anilines is 1. The van der Waals surface area contributed by atoms with Crippen LogP contribution in [-0.2, 0) is 24.3 Å². The third-order valence-electron chi connectivity index (χ3n) is 4.07. The molecule has 0 atom stereocenters. The normalized spacial score (nSPS) is 11.4. The Labute approximate surface area is 167 Å². The minimum Gasteiger partial charge on any atom is -0.455 e. The number of fused-ring (bicyclic) bond motifs is 1. The molecule has 0 spiro atoms. The molecule has 9 nitrogen and oxygen atoms in total. The quantitative estimate of drug-likeness (QED) is 0.562. The number of aromatic nitrogens is 1. The summed E-state index contributed by atoms with van der Waals surface area (Å²) in [5, 5.41) is 8.05. The van der Waals surface area contributed by atoms with E-state index in [0.29, 0.717) is 5.69 Å². The molecule has 1 heterocycles. The molecule has 152 valence electrons. The number of ether oxygens (including phenoxy) is 1. The van der Waals surface area contributed by atoms with Crippen LogP contribution in [0, 0.1) is 13.8 Å². The highest BCUT2D eigenvalue weighted by atomic mass is 32.2. The van der Waals surface area contributed by atoms with Crippen molar-refractivity contribution in [1.29, 1.82) is 0 Å². The van der Waals surface area contributed by atoms with Crippen molar-refractivity contribution in [3.05, 3.63) is 53.9 Å². The summed E-state index contributed by atoms with van der Waals surface area (Å²) in [6, 6.07) is 13.0. The van der Waals surface area contributed by atoms with E-state index in [-0.39, 0.29) is 16.3 Å². The first-order chi connectivity index (χ1) is 13.8. The van der Waals surface area contributed by atoms with E-state index < -0.39 is 35.1 Å². The molecule has 1 amide bonds. The fraction of sp³-hybridized carbons (Fsp3) is 0.211. The lowest BCUT2D eigenvalue weighted by Gasteiger charge is -2.10. The van der Waals surface area contributed by atoms with Crippen LogP contribution in [0.15, 0.2) is 51.9 Å². The molecular formula is C19H19N3O6S. The topological polar surface area (TPSA) is 128 Å². The summed E-state index contributed by atoms with van der Waals surface area (Å²) in [5.74, 6) is -1.32. The van der Waals surface area contributed by atoms with Crippen LogP contribution in [0.4, 0.5) is 5.69 Å². The van der Waals surface area contributed by atoms with Crippen LogP contribution in [0.25, 0.3) is 10.8 Å². The standard InChI is InChI=1S/C19H19N3O6S/c1-12-19(13(2)28-22-12)29(25,26)20-10-18(24)27-11-17(23)21-16-9-5-7-14-6-3-4-8-15(14)16/h3-9,20H,10-11H2,1-2H3,(H,21,23). The Bertz CT molecular complexity index is 1140. The second-order valence-electron chi connectivity index (χ2n) is 6.21. The van der Waals surface area contributed by atoms with Crippen LogP contribution in [0.5, 0.6) is 0 Å². The van der Waals surface area contributed by atoms with Crippen LogP contribution in [0.2, 0.25) is 0 Å². The average molecular weight is 417 g/mol. The predicted molar refractivity (Wildman–Crippen MR) is 105 cm³/mol. The molecule has 0 saturated carbocycles. The number of benzene rings is 2. The zero-order chi connectivity index (χ0) is 21.0. The number of hydrogen-bond acceptors (Lipinski definition) is 7. The van der Waals surface area contributed by atoms with Gasteiger partial charge in [0.25, 0.3) is 5.91 Å². The van der Waals surface area contributed by atoms with Crippen LogP contribution >= 0.6 is 0 Å². The van der Waals surface area contributed by atoms with Crippen molar-refractivity contribution in [2.24, 2.45) is 0 Å². The Hall–Kier alpha value is -3.24. The Morgan fingerprint density at radius 3 is 2.55 bits per heavy atom. The van der Waals surface area contributed by atoms with E-state index in [9.17, 15) is 18.0 Å². The molecule has 0 fully saturated rings. The number of sulfonamides is 1. The number of nitrogens with one attached hydrogen (secondary N) is 2. The fourth-order valence-electron chi connectivity index (χ4n) is 2.80. The van der Waals surface area contributed by atoms with Crippen molar-refractivity contribution in [2.45, 2.75) is 18.7 Å². The number of amides is 1. The van der Waals surface area contributed by atoms with Gasteiger partial charge in [0.15, 0.2) is 12.4 Å². The van der Waals surface area contributed by atoms with Gasteiger partial charge in [-0.2, -0.15) is 4.72 Å². The highest BCUT2D eigenvalue weighted by molar-refractivity contribution is 7.89. The number of esters is 1. The lowest BCUT2D eigenvalue weighted by atomic mass is 10.1. The molecule has 0 saturated heterocycles. The van der Waals surface area contributed by atoms with Crippen LogP contribution in [0.1, 0.15) is 11.5 Å². The summed E-state index contributed by atoms with van der Waals surface area (Å²) in [7, 11) is -3.99. The van der Waals surface area contributed by atoms with E-state index in [1.165, 1.54) is 13.8 Å². The molecule has 0 bridgehead atoms. The molecular weight excluding hydrogens is 398 g/mol. The number of aryl methyl sites for hydroxylation is 2. The lowest BCUT2D eigenvalue weighted by Crippen LogP contribution is -2.32. The summed E-state index contributed by atoms with van der Waals surface area (Å²) >= 11 is 0. The Kier molecular flexibility index (Phi) is 5.95. The van der Waals surface area contributed by atoms with Gasteiger partial charge in [-0.1, -0.05) is 41.6 Å². The van der Waals surface area contributed by atoms with Gasteiger partial charge in [0.2, 0.25) is 10.0 Å². The first-order valence-electron chi connectivity index (χ1n) is 8.63. The number of nitrogens with zero attached hydrogens (tertiary/aromatic N) is 1. The number of carbonyl (C=O) groups is 2. The maximum absolute atomic E-state index is 12.2. The average Bonchev–Trinajstić information content (AvgIpc) is 3.04. The number of hydrogen-bond donors (Lipinski definition) is 2. The molecule has 0 aliphatic heterocycles. The molecule has 0 radical (unpaired) electrons. The summed E-state index contributed by atoms with van der Waals surface area (Å²) in [6.45, 7) is 1.74. The van der Waals surface area contributed by atoms with Crippen LogP contribution in [-0.4, -0.2) is 38.6 Å². The van der Waals surface area contributed by atoms with Crippen molar-refractivity contribution in [3.8, 4) is 0 Å². The van der Waals surface area contributed by atoms with Gasteiger partial charge < -0.3 is 14.6 Å². The molecule has 0 aliphatic rings. The van der Waals surface area contributed by atoms with Gasteiger partial charge in [-0.25, -0.2) is 8.42 Å². The van der Waals surface area contributed by atoms with Crippen LogP contribution in [0.3, 0.4) is 0 Å². The first-order valence-corrected chi connectivity index (χ1v) is 10.1. The summed E-state index contributed by atoms with van der Waals surface area (Å²) < 4.78 is 36.3. The second kappa shape index (κ2) is 8.41. The molecule has 0 aliphatic carbocycles. The first kappa shape index (κ1) is 20.5. The molecule has 3 aromatic rings. The van der Waals surface area contributed by atoms with Gasteiger partial charge in [-0.15, -0.1) is 0 Å². The van der Waals surface area contributed by atoms with Crippen LogP contribution < -0.4 is 10.0 Å². The molecule has 10 heteroatoms. The Morgan fingerprint density at radius 2 is 1.83 bits per heavy atom. The minimum absolute atomic E-state index is 0.109. The van der Waals surface area contributed by atoms with Gasteiger partial charge >= 0.3 is 5.97 Å². The fourth-order valence-corrected chi connectivity index (χ4v) is 4.10. The van der Waals surface area contributed by atoms with Crippen molar-refractivity contribution in [2.75, 3.05) is 18.5 Å². The molecule has 29 heavy (non-hydrogen) atoms. The van der Waals surface area contributed by atoms with Crippen molar-refractivity contribution in [1.82, 2.24) is 9.88 Å². The minimum atomic E-state index is -3.99. The van der Waals surface area contributed by atoms with E-state index in [1.54, 1.807) is 12.1 Å². The molecule has 2 N–H and O–H groups in total. The maximum Gasteiger partial charge on any atom is 0.321 e. The monoisotopic (exact) mass is 417 g/mol. The second-order valence-corrected chi connectivity index (χ2v) is 7.92. The third-order valence-corrected chi connectivity index (χ3v) is 5.72. The number of carbonyl (C=O) groups excluding carboxylic acids is 2. The Balaban J connectivity index is 1.53. The van der Waals surface area contributed by atoms with E-state index in [4.69, 9.17) is 9.26 Å². The van der Waals surface area contributed by atoms with Gasteiger partial charge in [0.1, 0.15) is 17.1 Å².